The van der Waals surface area contributed by atoms with Crippen molar-refractivity contribution in [3.8, 4) is 0 Å². The van der Waals surface area contributed by atoms with Gasteiger partial charge in [-0.25, -0.2) is 0 Å². The molecule has 0 saturated carbocycles. The van der Waals surface area contributed by atoms with E-state index in [2.05, 4.69) is 6.08 Å². The minimum Gasteiger partial charge on any atom is -0.481 e. The molecule has 10 heavy (non-hydrogen) atoms. The molecule has 0 heterocycles. The highest BCUT2D eigenvalue weighted by atomic mass is 16.4. The van der Waals surface area contributed by atoms with Crippen molar-refractivity contribution in [2.24, 2.45) is 0 Å². The van der Waals surface area contributed by atoms with Crippen LogP contribution in [-0.4, -0.2) is 11.1 Å². The first kappa shape index (κ1) is 9.21. The number of rotatable bonds is 5. The number of hydrogen-bond donors (Lipinski definition) is 1. The van der Waals surface area contributed by atoms with Crippen molar-refractivity contribution in [2.45, 2.75) is 32.6 Å². The number of unbranched alkanes of at least 4 members (excludes halogenated alkanes) is 2. The van der Waals surface area contributed by atoms with Crippen molar-refractivity contribution in [2.75, 3.05) is 0 Å². The fraction of sp³-hybridized carbons (Fsp3) is 0.625. The Kier molecular flexibility index (Phi) is 5.83. The van der Waals surface area contributed by atoms with Gasteiger partial charge < -0.3 is 5.11 Å². The van der Waals surface area contributed by atoms with Gasteiger partial charge in [-0.05, 0) is 26.2 Å². The molecule has 2 nitrogen and oxygen atoms in total. The third-order valence-corrected chi connectivity index (χ3v) is 1.25. The zero-order valence-corrected chi connectivity index (χ0v) is 6.34. The van der Waals surface area contributed by atoms with E-state index in [1.165, 1.54) is 0 Å². The summed E-state index contributed by atoms with van der Waals surface area (Å²) in [5.41, 5.74) is 0. The highest BCUT2D eigenvalue weighted by Crippen LogP contribution is 1.99. The maximum atomic E-state index is 10.0. The van der Waals surface area contributed by atoms with E-state index in [4.69, 9.17) is 5.11 Å². The van der Waals surface area contributed by atoms with Crippen LogP contribution in [-0.2, 0) is 4.79 Å². The summed E-state index contributed by atoms with van der Waals surface area (Å²) in [7, 11) is 0. The van der Waals surface area contributed by atoms with Crippen molar-refractivity contribution in [3.05, 3.63) is 12.2 Å². The SMILES string of the molecule is C/C=C/CCCCC(=O)O. The molecule has 0 amide bonds. The fourth-order valence-electron chi connectivity index (χ4n) is 0.705. The highest BCUT2D eigenvalue weighted by Gasteiger charge is 1.93. The Hall–Kier alpha value is -0.790. The number of aliphatic carboxylic acids is 1. The maximum absolute atomic E-state index is 10.0. The minimum absolute atomic E-state index is 0.303. The summed E-state index contributed by atoms with van der Waals surface area (Å²) < 4.78 is 0. The van der Waals surface area contributed by atoms with Gasteiger partial charge >= 0.3 is 5.97 Å². The molecule has 0 spiro atoms. The van der Waals surface area contributed by atoms with Crippen LogP contribution >= 0.6 is 0 Å². The molecule has 0 aliphatic rings. The second kappa shape index (κ2) is 6.33. The van der Waals surface area contributed by atoms with Crippen LogP contribution in [0.25, 0.3) is 0 Å². The monoisotopic (exact) mass is 142 g/mol. The van der Waals surface area contributed by atoms with Gasteiger partial charge in [-0.15, -0.1) is 0 Å². The number of allylic oxidation sites excluding steroid dienone is 2. The summed E-state index contributed by atoms with van der Waals surface area (Å²) >= 11 is 0. The molecule has 0 rings (SSSR count). The molecule has 0 aliphatic carbocycles. The van der Waals surface area contributed by atoms with E-state index in [0.29, 0.717) is 6.42 Å². The van der Waals surface area contributed by atoms with Gasteiger partial charge in [0.05, 0.1) is 0 Å². The van der Waals surface area contributed by atoms with E-state index in [-0.39, 0.29) is 0 Å². The third-order valence-electron chi connectivity index (χ3n) is 1.25. The molecule has 0 radical (unpaired) electrons. The van der Waals surface area contributed by atoms with Crippen LogP contribution in [0.5, 0.6) is 0 Å². The van der Waals surface area contributed by atoms with Crippen LogP contribution < -0.4 is 0 Å². The normalized spacial score (nSPS) is 10.5. The number of carbonyl (C=O) groups is 1. The van der Waals surface area contributed by atoms with Gasteiger partial charge in [0.15, 0.2) is 0 Å². The van der Waals surface area contributed by atoms with E-state index in [0.717, 1.165) is 19.3 Å². The van der Waals surface area contributed by atoms with Gasteiger partial charge in [0.2, 0.25) is 0 Å². The predicted octanol–water partition coefficient (Wildman–Crippen LogP) is 2.21. The Morgan fingerprint density at radius 1 is 1.50 bits per heavy atom. The molecule has 2 heteroatoms. The van der Waals surface area contributed by atoms with Crippen LogP contribution in [0.4, 0.5) is 0 Å². The lowest BCUT2D eigenvalue weighted by Crippen LogP contribution is -1.92. The Morgan fingerprint density at radius 3 is 2.70 bits per heavy atom. The number of carboxylic acids is 1. The lowest BCUT2D eigenvalue weighted by atomic mass is 10.2. The molecule has 0 atom stereocenters. The largest absolute Gasteiger partial charge is 0.481 e. The van der Waals surface area contributed by atoms with Gasteiger partial charge in [-0.1, -0.05) is 12.2 Å². The smallest absolute Gasteiger partial charge is 0.303 e. The van der Waals surface area contributed by atoms with E-state index in [9.17, 15) is 4.79 Å². The zero-order chi connectivity index (χ0) is 7.82. The van der Waals surface area contributed by atoms with E-state index in [1.807, 2.05) is 13.0 Å². The standard InChI is InChI=1S/C8H14O2/c1-2-3-4-5-6-7-8(9)10/h2-3H,4-7H2,1H3,(H,9,10)/b3-2+. The van der Waals surface area contributed by atoms with Crippen LogP contribution in [0.15, 0.2) is 12.2 Å². The molecule has 0 aromatic heterocycles. The molecular weight excluding hydrogens is 128 g/mol. The Morgan fingerprint density at radius 2 is 2.20 bits per heavy atom. The first-order valence-corrected chi connectivity index (χ1v) is 3.60. The van der Waals surface area contributed by atoms with Gasteiger partial charge in [0, 0.05) is 6.42 Å². The van der Waals surface area contributed by atoms with Crippen LogP contribution in [0.1, 0.15) is 32.6 Å². The molecule has 0 unspecified atom stereocenters. The lowest BCUT2D eigenvalue weighted by molar-refractivity contribution is -0.137. The van der Waals surface area contributed by atoms with Crippen LogP contribution in [0.3, 0.4) is 0 Å². The van der Waals surface area contributed by atoms with Gasteiger partial charge in [-0.3, -0.25) is 4.79 Å². The van der Waals surface area contributed by atoms with Crippen molar-refractivity contribution in [1.29, 1.82) is 0 Å². The van der Waals surface area contributed by atoms with Gasteiger partial charge in [0.1, 0.15) is 0 Å². The summed E-state index contributed by atoms with van der Waals surface area (Å²) in [5, 5.41) is 8.25. The Labute approximate surface area is 61.6 Å². The van der Waals surface area contributed by atoms with Crippen LogP contribution in [0.2, 0.25) is 0 Å². The minimum atomic E-state index is -0.694. The fourth-order valence-corrected chi connectivity index (χ4v) is 0.705. The van der Waals surface area contributed by atoms with Crippen molar-refractivity contribution >= 4 is 5.97 Å². The van der Waals surface area contributed by atoms with Crippen molar-refractivity contribution in [3.63, 3.8) is 0 Å². The summed E-state index contributed by atoms with van der Waals surface area (Å²) in [6.45, 7) is 1.97. The summed E-state index contributed by atoms with van der Waals surface area (Å²) in [5.74, 6) is -0.694. The first-order chi connectivity index (χ1) is 4.77. The van der Waals surface area contributed by atoms with Crippen molar-refractivity contribution < 1.29 is 9.90 Å². The summed E-state index contributed by atoms with van der Waals surface area (Å²) in [4.78, 5) is 10.0. The average Bonchev–Trinajstić information content (AvgIpc) is 1.87. The maximum Gasteiger partial charge on any atom is 0.303 e. The molecule has 0 aromatic carbocycles. The number of carboxylic acid groups (broad SMARTS) is 1. The summed E-state index contributed by atoms with van der Waals surface area (Å²) in [6, 6.07) is 0. The quantitative estimate of drug-likeness (QED) is 0.472. The lowest BCUT2D eigenvalue weighted by Gasteiger charge is -1.91. The molecule has 0 fully saturated rings. The third kappa shape index (κ3) is 7.21. The second-order valence-corrected chi connectivity index (χ2v) is 2.21. The van der Waals surface area contributed by atoms with Crippen LogP contribution in [0, 0.1) is 0 Å². The van der Waals surface area contributed by atoms with Crippen molar-refractivity contribution in [1.82, 2.24) is 0 Å². The zero-order valence-electron chi connectivity index (χ0n) is 6.34. The molecule has 0 bridgehead atoms. The molecule has 0 saturated heterocycles. The van der Waals surface area contributed by atoms with E-state index >= 15 is 0 Å². The molecular formula is C8H14O2. The average molecular weight is 142 g/mol. The van der Waals surface area contributed by atoms with Gasteiger partial charge in [-0.2, -0.15) is 0 Å². The molecule has 1 N–H and O–H groups in total. The molecule has 0 aliphatic heterocycles. The summed E-state index contributed by atoms with van der Waals surface area (Å²) in [6.07, 6.45) is 7.13. The Balaban J connectivity index is 2.98. The second-order valence-electron chi connectivity index (χ2n) is 2.21. The highest BCUT2D eigenvalue weighted by molar-refractivity contribution is 5.66. The van der Waals surface area contributed by atoms with E-state index < -0.39 is 5.97 Å². The molecule has 58 valence electrons. The molecule has 0 aromatic rings. The number of hydrogen-bond acceptors (Lipinski definition) is 1. The predicted molar refractivity (Wildman–Crippen MR) is 40.9 cm³/mol. The topological polar surface area (TPSA) is 37.3 Å². The first-order valence-electron chi connectivity index (χ1n) is 3.60. The van der Waals surface area contributed by atoms with Gasteiger partial charge in [0.25, 0.3) is 0 Å². The van der Waals surface area contributed by atoms with E-state index in [1.54, 1.807) is 0 Å². The Bertz CT molecular complexity index is 116.